The molecular formula is C18H19F2N7O2. The van der Waals surface area contributed by atoms with Crippen molar-refractivity contribution in [2.75, 3.05) is 13.1 Å². The molecule has 1 amide bonds. The lowest BCUT2D eigenvalue weighted by molar-refractivity contribution is -0.169. The van der Waals surface area contributed by atoms with E-state index in [-0.39, 0.29) is 6.54 Å². The number of carbonyl (C=O) groups is 1. The first-order valence-electron chi connectivity index (χ1n) is 9.45. The first kappa shape index (κ1) is 18.0. The maximum Gasteiger partial charge on any atom is 0.347 e. The first-order valence-corrected chi connectivity index (χ1v) is 9.45. The maximum atomic E-state index is 13.2. The summed E-state index contributed by atoms with van der Waals surface area (Å²) in [6, 6.07) is 2.90. The number of aromatic nitrogens is 6. The molecule has 0 saturated carbocycles. The Bertz CT molecular complexity index is 1170. The molecule has 0 aliphatic carbocycles. The third-order valence-electron chi connectivity index (χ3n) is 5.55. The molecule has 0 N–H and O–H groups in total. The zero-order valence-corrected chi connectivity index (χ0v) is 15.8. The van der Waals surface area contributed by atoms with Gasteiger partial charge in [0.05, 0.1) is 25.3 Å². The molecule has 0 bridgehead atoms. The van der Waals surface area contributed by atoms with Crippen LogP contribution < -0.4 is 5.69 Å². The van der Waals surface area contributed by atoms with Crippen molar-refractivity contribution in [3.8, 4) is 0 Å². The number of hydrogen-bond donors (Lipinski definition) is 0. The van der Waals surface area contributed by atoms with Crippen molar-refractivity contribution in [3.05, 3.63) is 40.3 Å². The number of rotatable bonds is 3. The van der Waals surface area contributed by atoms with E-state index in [1.165, 1.54) is 9.25 Å². The number of nitrogens with zero attached hydrogens (tertiary/aromatic N) is 7. The lowest BCUT2D eigenvalue weighted by Gasteiger charge is -2.41. The third kappa shape index (κ3) is 2.83. The molecule has 5 rings (SSSR count). The molecule has 5 heterocycles. The molecule has 29 heavy (non-hydrogen) atoms. The van der Waals surface area contributed by atoms with Crippen LogP contribution in [-0.4, -0.2) is 58.9 Å². The smallest absolute Gasteiger partial charge is 0.329 e. The van der Waals surface area contributed by atoms with E-state index in [4.69, 9.17) is 0 Å². The number of halogens is 2. The highest BCUT2D eigenvalue weighted by molar-refractivity contribution is 5.81. The molecule has 0 unspecified atom stereocenters. The van der Waals surface area contributed by atoms with Crippen LogP contribution in [0.5, 0.6) is 0 Å². The maximum absolute atomic E-state index is 13.2. The lowest BCUT2D eigenvalue weighted by atomic mass is 10.0. The molecule has 1 saturated heterocycles. The van der Waals surface area contributed by atoms with E-state index in [0.717, 1.165) is 10.3 Å². The Morgan fingerprint density at radius 2 is 2.10 bits per heavy atom. The summed E-state index contributed by atoms with van der Waals surface area (Å²) in [6.45, 7) is -1.04. The van der Waals surface area contributed by atoms with Gasteiger partial charge in [0.25, 0.3) is 5.92 Å². The second-order valence-corrected chi connectivity index (χ2v) is 7.63. The van der Waals surface area contributed by atoms with E-state index < -0.39 is 36.7 Å². The van der Waals surface area contributed by atoms with Crippen LogP contribution >= 0.6 is 0 Å². The molecule has 9 nitrogen and oxygen atoms in total. The van der Waals surface area contributed by atoms with Gasteiger partial charge in [0.1, 0.15) is 11.9 Å². The van der Waals surface area contributed by atoms with E-state index >= 15 is 0 Å². The molecule has 11 heteroatoms. The summed E-state index contributed by atoms with van der Waals surface area (Å²) in [5.74, 6) is -2.77. The van der Waals surface area contributed by atoms with Crippen LogP contribution in [0, 0.1) is 0 Å². The zero-order chi connectivity index (χ0) is 20.3. The highest BCUT2D eigenvalue weighted by atomic mass is 19.3. The Morgan fingerprint density at radius 1 is 1.31 bits per heavy atom. The van der Waals surface area contributed by atoms with Gasteiger partial charge in [-0.05, 0) is 25.0 Å². The van der Waals surface area contributed by atoms with Crippen LogP contribution in [0.2, 0.25) is 0 Å². The number of likely N-dealkylation sites (tertiary alicyclic amines) is 1. The zero-order valence-electron chi connectivity index (χ0n) is 15.8. The predicted molar refractivity (Wildman–Crippen MR) is 97.6 cm³/mol. The molecule has 2 aliphatic heterocycles. The molecule has 2 aliphatic rings. The van der Waals surface area contributed by atoms with Crippen molar-refractivity contribution in [1.29, 1.82) is 0 Å². The van der Waals surface area contributed by atoms with E-state index in [2.05, 4.69) is 15.2 Å². The fourth-order valence-electron chi connectivity index (χ4n) is 4.17. The number of carbonyl (C=O) groups excluding carboxylic acids is 1. The molecule has 1 fully saturated rings. The van der Waals surface area contributed by atoms with Crippen molar-refractivity contribution < 1.29 is 13.6 Å². The fourth-order valence-corrected chi connectivity index (χ4v) is 4.17. The van der Waals surface area contributed by atoms with E-state index in [1.54, 1.807) is 24.0 Å². The highest BCUT2D eigenvalue weighted by Gasteiger charge is 2.48. The summed E-state index contributed by atoms with van der Waals surface area (Å²) in [5, 5.41) is 9.67. The molecule has 0 spiro atoms. The minimum atomic E-state index is -2.84. The quantitative estimate of drug-likeness (QED) is 0.643. The van der Waals surface area contributed by atoms with Gasteiger partial charge in [-0.2, -0.15) is 10.2 Å². The summed E-state index contributed by atoms with van der Waals surface area (Å²) in [6.07, 6.45) is 3.35. The highest BCUT2D eigenvalue weighted by Crippen LogP contribution is 2.31. The van der Waals surface area contributed by atoms with Gasteiger partial charge < -0.3 is 4.90 Å². The second kappa shape index (κ2) is 6.19. The Balaban J connectivity index is 1.47. The second-order valence-electron chi connectivity index (χ2n) is 7.63. The van der Waals surface area contributed by atoms with Crippen LogP contribution in [0.15, 0.2) is 23.1 Å². The minimum absolute atomic E-state index is 0.143. The van der Waals surface area contributed by atoms with Crippen molar-refractivity contribution in [2.24, 2.45) is 7.05 Å². The van der Waals surface area contributed by atoms with Crippen molar-refractivity contribution >= 4 is 16.9 Å². The van der Waals surface area contributed by atoms with Crippen LogP contribution in [0.4, 0.5) is 8.78 Å². The Hall–Kier alpha value is -3.11. The van der Waals surface area contributed by atoms with Crippen LogP contribution in [0.25, 0.3) is 11.0 Å². The average molecular weight is 403 g/mol. The fraction of sp³-hybridized carbons (Fsp3) is 0.500. The average Bonchev–Trinajstić information content (AvgIpc) is 3.17. The van der Waals surface area contributed by atoms with Crippen molar-refractivity contribution in [1.82, 2.24) is 34.0 Å². The largest absolute Gasteiger partial charge is 0.347 e. The number of pyridine rings is 1. The molecule has 3 aromatic rings. The number of alkyl halides is 2. The van der Waals surface area contributed by atoms with Crippen molar-refractivity contribution in [2.45, 2.75) is 37.8 Å². The number of hydrogen-bond acceptors (Lipinski definition) is 5. The number of amides is 1. The van der Waals surface area contributed by atoms with Crippen molar-refractivity contribution in [3.63, 3.8) is 0 Å². The molecule has 1 atom stereocenters. The monoisotopic (exact) mass is 403 g/mol. The summed E-state index contributed by atoms with van der Waals surface area (Å²) in [7, 11) is 1.78. The van der Waals surface area contributed by atoms with E-state index in [9.17, 15) is 18.4 Å². The Kier molecular flexibility index (Phi) is 3.83. The van der Waals surface area contributed by atoms with Gasteiger partial charge in [0.2, 0.25) is 5.91 Å². The standard InChI is InChI=1S/C18H19F2N7O2/c1-24-15-11(4-3-7-21-15)12(22-24)8-26-17(29)27-13(5-2-6-14(27)23-26)16(28)25-9-18(19,20)10-25/h3-4,7,13H,2,5-6,8-10H2,1H3/t13-/m0/s1. The van der Waals surface area contributed by atoms with Crippen LogP contribution in [0.3, 0.4) is 0 Å². The normalized spacial score (nSPS) is 20.5. The van der Waals surface area contributed by atoms with Crippen LogP contribution in [-0.2, 0) is 24.8 Å². The van der Waals surface area contributed by atoms with E-state index in [0.29, 0.717) is 36.4 Å². The summed E-state index contributed by atoms with van der Waals surface area (Å²) >= 11 is 0. The molecular weight excluding hydrogens is 384 g/mol. The van der Waals surface area contributed by atoms with Gasteiger partial charge in [-0.1, -0.05) is 0 Å². The number of aryl methyl sites for hydroxylation is 2. The molecule has 3 aromatic heterocycles. The summed E-state index contributed by atoms with van der Waals surface area (Å²) in [4.78, 5) is 31.1. The van der Waals surface area contributed by atoms with Gasteiger partial charge in [-0.3, -0.25) is 14.0 Å². The van der Waals surface area contributed by atoms with Gasteiger partial charge in [0.15, 0.2) is 5.65 Å². The van der Waals surface area contributed by atoms with Gasteiger partial charge in [0, 0.05) is 25.1 Å². The number of fused-ring (bicyclic) bond motifs is 2. The molecule has 0 radical (unpaired) electrons. The summed E-state index contributed by atoms with van der Waals surface area (Å²) in [5.41, 5.74) is 0.928. The SMILES string of the molecule is Cn1nc(Cn2nc3n(c2=O)[C@H](C(=O)N2CC(F)(F)C2)CCC3)c2cccnc21. The van der Waals surface area contributed by atoms with Gasteiger partial charge in [-0.15, -0.1) is 0 Å². The minimum Gasteiger partial charge on any atom is -0.329 e. The predicted octanol–water partition coefficient (Wildman–Crippen LogP) is 0.730. The first-order chi connectivity index (χ1) is 13.8. The Labute approximate surface area is 163 Å². The van der Waals surface area contributed by atoms with E-state index in [1.807, 2.05) is 6.07 Å². The van der Waals surface area contributed by atoms with Gasteiger partial charge in [-0.25, -0.2) is 23.2 Å². The third-order valence-corrected chi connectivity index (χ3v) is 5.55. The molecule has 0 aromatic carbocycles. The van der Waals surface area contributed by atoms with Gasteiger partial charge >= 0.3 is 5.69 Å². The Morgan fingerprint density at radius 3 is 2.86 bits per heavy atom. The van der Waals surface area contributed by atoms with Crippen LogP contribution in [0.1, 0.15) is 30.4 Å². The topological polar surface area (TPSA) is 90.8 Å². The lowest BCUT2D eigenvalue weighted by Crippen LogP contribution is -2.60. The molecule has 152 valence electrons. The summed E-state index contributed by atoms with van der Waals surface area (Å²) < 4.78 is 30.6.